The number of nitrogens with zero attached hydrogens (tertiary/aromatic N) is 3. The van der Waals surface area contributed by atoms with E-state index in [-0.39, 0.29) is 0 Å². The fraction of sp³-hybridized carbons (Fsp3) is 0.450. The third-order valence-corrected chi connectivity index (χ3v) is 5.03. The van der Waals surface area contributed by atoms with Crippen molar-refractivity contribution in [2.75, 3.05) is 13.1 Å². The molecule has 1 atom stereocenters. The summed E-state index contributed by atoms with van der Waals surface area (Å²) in [5, 5.41) is 0. The molecule has 2 aromatic rings. The molecule has 4 heteroatoms. The summed E-state index contributed by atoms with van der Waals surface area (Å²) in [4.78, 5) is 23.7. The van der Waals surface area contributed by atoms with Gasteiger partial charge in [0.1, 0.15) is 0 Å². The van der Waals surface area contributed by atoms with Crippen LogP contribution in [0.25, 0.3) is 11.4 Å². The second-order valence-corrected chi connectivity index (χ2v) is 7.07. The number of hydrogen-bond acceptors (Lipinski definition) is 3. The molecule has 1 saturated carbocycles. The van der Waals surface area contributed by atoms with E-state index >= 15 is 0 Å². The lowest BCUT2D eigenvalue weighted by atomic mass is 9.94. The first-order valence-electron chi connectivity index (χ1n) is 8.89. The third-order valence-electron chi connectivity index (χ3n) is 5.03. The van der Waals surface area contributed by atoms with E-state index in [2.05, 4.69) is 35.0 Å². The molecule has 1 aromatic heterocycles. The first-order valence-corrected chi connectivity index (χ1v) is 8.89. The lowest BCUT2D eigenvalue weighted by Gasteiger charge is -2.32. The summed E-state index contributed by atoms with van der Waals surface area (Å²) in [6.07, 6.45) is 6.16. The zero-order valence-electron chi connectivity index (χ0n) is 14.1. The maximum atomic E-state index is 12.4. The van der Waals surface area contributed by atoms with Crippen molar-refractivity contribution < 1.29 is 4.79 Å². The van der Waals surface area contributed by atoms with Gasteiger partial charge in [0.15, 0.2) is 5.82 Å². The lowest BCUT2D eigenvalue weighted by Crippen LogP contribution is -2.40. The number of likely N-dealkylation sites (tertiary alicyclic amines) is 1. The number of carbonyl (C=O) groups excluding carboxylic acids is 1. The Balaban J connectivity index is 1.55. The van der Waals surface area contributed by atoms with E-state index in [0.29, 0.717) is 17.7 Å². The summed E-state index contributed by atoms with van der Waals surface area (Å²) in [6, 6.07) is 10.3. The van der Waals surface area contributed by atoms with Crippen molar-refractivity contribution in [3.8, 4) is 11.4 Å². The summed E-state index contributed by atoms with van der Waals surface area (Å²) in [5.41, 5.74) is 3.33. The van der Waals surface area contributed by atoms with Crippen LogP contribution in [0.1, 0.15) is 42.9 Å². The summed E-state index contributed by atoms with van der Waals surface area (Å²) < 4.78 is 0. The Labute approximate surface area is 142 Å². The zero-order chi connectivity index (χ0) is 16.5. The molecule has 4 rings (SSSR count). The molecule has 0 radical (unpaired) electrons. The van der Waals surface area contributed by atoms with Crippen LogP contribution in [0.2, 0.25) is 0 Å². The van der Waals surface area contributed by atoms with Gasteiger partial charge in [0, 0.05) is 42.4 Å². The number of aryl methyl sites for hydroxylation is 1. The number of hydrogen-bond donors (Lipinski definition) is 0. The van der Waals surface area contributed by atoms with Crippen LogP contribution in [-0.4, -0.2) is 33.9 Å². The van der Waals surface area contributed by atoms with Gasteiger partial charge in [-0.3, -0.25) is 4.79 Å². The number of piperidine rings is 1. The van der Waals surface area contributed by atoms with E-state index < -0.39 is 0 Å². The minimum Gasteiger partial charge on any atom is -0.342 e. The fourth-order valence-electron chi connectivity index (χ4n) is 3.53. The molecule has 0 spiro atoms. The molecule has 0 bridgehead atoms. The monoisotopic (exact) mass is 321 g/mol. The smallest absolute Gasteiger partial charge is 0.225 e. The molecular formula is C20H23N3O. The number of carbonyl (C=O) groups is 1. The molecule has 1 saturated heterocycles. The first-order chi connectivity index (χ1) is 11.7. The van der Waals surface area contributed by atoms with Gasteiger partial charge in [-0.25, -0.2) is 9.97 Å². The normalized spacial score (nSPS) is 20.9. The average molecular weight is 321 g/mol. The molecule has 4 nitrogen and oxygen atoms in total. The van der Waals surface area contributed by atoms with E-state index in [1.807, 2.05) is 18.3 Å². The van der Waals surface area contributed by atoms with Gasteiger partial charge in [0.05, 0.1) is 0 Å². The molecule has 0 N–H and O–H groups in total. The van der Waals surface area contributed by atoms with Crippen LogP contribution in [0.3, 0.4) is 0 Å². The molecule has 124 valence electrons. The quantitative estimate of drug-likeness (QED) is 0.868. The van der Waals surface area contributed by atoms with Crippen LogP contribution < -0.4 is 0 Å². The molecule has 1 aromatic carbocycles. The fourth-order valence-corrected chi connectivity index (χ4v) is 3.53. The SMILES string of the molecule is Cc1cccc(-c2nccc(C3CCCN(C(=O)C4CC4)C3)n2)c1. The minimum absolute atomic E-state index is 0.303. The number of aromatic nitrogens is 2. The lowest BCUT2D eigenvalue weighted by molar-refractivity contribution is -0.133. The summed E-state index contributed by atoms with van der Waals surface area (Å²) in [7, 11) is 0. The van der Waals surface area contributed by atoms with Crippen molar-refractivity contribution in [2.45, 2.75) is 38.5 Å². The molecule has 2 fully saturated rings. The highest BCUT2D eigenvalue weighted by molar-refractivity contribution is 5.81. The van der Waals surface area contributed by atoms with Crippen molar-refractivity contribution in [1.29, 1.82) is 0 Å². The van der Waals surface area contributed by atoms with E-state index in [1.165, 1.54) is 5.56 Å². The molecular weight excluding hydrogens is 298 g/mol. The summed E-state index contributed by atoms with van der Waals surface area (Å²) in [5.74, 6) is 1.76. The standard InChI is InChI=1S/C20H23N3O/c1-14-4-2-5-16(12-14)19-21-10-9-18(22-19)17-6-3-11-23(13-17)20(24)15-7-8-15/h2,4-5,9-10,12,15,17H,3,6-8,11,13H2,1H3. The van der Waals surface area contributed by atoms with Crippen molar-refractivity contribution in [3.05, 3.63) is 47.8 Å². The molecule has 24 heavy (non-hydrogen) atoms. The van der Waals surface area contributed by atoms with E-state index in [9.17, 15) is 4.79 Å². The Bertz CT molecular complexity index is 754. The Morgan fingerprint density at radius 2 is 2.08 bits per heavy atom. The predicted octanol–water partition coefficient (Wildman–Crippen LogP) is 3.57. The maximum absolute atomic E-state index is 12.4. The van der Waals surface area contributed by atoms with Crippen molar-refractivity contribution in [2.24, 2.45) is 5.92 Å². The second kappa shape index (κ2) is 6.34. The highest BCUT2D eigenvalue weighted by atomic mass is 16.2. The second-order valence-electron chi connectivity index (χ2n) is 7.07. The van der Waals surface area contributed by atoms with Gasteiger partial charge in [-0.15, -0.1) is 0 Å². The Morgan fingerprint density at radius 3 is 2.88 bits per heavy atom. The van der Waals surface area contributed by atoms with Gasteiger partial charge < -0.3 is 4.90 Å². The topological polar surface area (TPSA) is 46.1 Å². The van der Waals surface area contributed by atoms with Crippen LogP contribution >= 0.6 is 0 Å². The minimum atomic E-state index is 0.303. The number of rotatable bonds is 3. The van der Waals surface area contributed by atoms with Gasteiger partial charge in [0.2, 0.25) is 5.91 Å². The van der Waals surface area contributed by atoms with Crippen molar-refractivity contribution >= 4 is 5.91 Å². The van der Waals surface area contributed by atoms with Gasteiger partial charge in [-0.05, 0) is 44.7 Å². The van der Waals surface area contributed by atoms with Crippen LogP contribution in [-0.2, 0) is 4.79 Å². The zero-order valence-corrected chi connectivity index (χ0v) is 14.1. The number of benzene rings is 1. The largest absolute Gasteiger partial charge is 0.342 e. The van der Waals surface area contributed by atoms with Crippen LogP contribution in [0.5, 0.6) is 0 Å². The van der Waals surface area contributed by atoms with E-state index in [1.54, 1.807) is 0 Å². The predicted molar refractivity (Wildman–Crippen MR) is 93.5 cm³/mol. The van der Waals surface area contributed by atoms with E-state index in [0.717, 1.165) is 55.9 Å². The summed E-state index contributed by atoms with van der Waals surface area (Å²) >= 11 is 0. The average Bonchev–Trinajstić information content (AvgIpc) is 3.46. The van der Waals surface area contributed by atoms with Gasteiger partial charge >= 0.3 is 0 Å². The Morgan fingerprint density at radius 1 is 1.21 bits per heavy atom. The first kappa shape index (κ1) is 15.3. The third kappa shape index (κ3) is 3.18. The molecule has 2 heterocycles. The highest BCUT2D eigenvalue weighted by Gasteiger charge is 2.35. The van der Waals surface area contributed by atoms with Crippen LogP contribution in [0.4, 0.5) is 0 Å². The molecule has 1 aliphatic heterocycles. The Kier molecular flexibility index (Phi) is 4.05. The number of amides is 1. The van der Waals surface area contributed by atoms with Gasteiger partial charge in [-0.2, -0.15) is 0 Å². The summed E-state index contributed by atoms with van der Waals surface area (Å²) in [6.45, 7) is 3.79. The molecule has 1 aliphatic carbocycles. The Hall–Kier alpha value is -2.23. The van der Waals surface area contributed by atoms with Gasteiger partial charge in [0.25, 0.3) is 0 Å². The van der Waals surface area contributed by atoms with Crippen LogP contribution in [0.15, 0.2) is 36.5 Å². The van der Waals surface area contributed by atoms with Gasteiger partial charge in [-0.1, -0.05) is 23.8 Å². The highest BCUT2D eigenvalue weighted by Crippen LogP contribution is 2.34. The van der Waals surface area contributed by atoms with Crippen molar-refractivity contribution in [3.63, 3.8) is 0 Å². The van der Waals surface area contributed by atoms with E-state index in [4.69, 9.17) is 4.98 Å². The molecule has 1 unspecified atom stereocenters. The molecule has 1 amide bonds. The van der Waals surface area contributed by atoms with Crippen LogP contribution in [0, 0.1) is 12.8 Å². The van der Waals surface area contributed by atoms with Crippen molar-refractivity contribution in [1.82, 2.24) is 14.9 Å². The maximum Gasteiger partial charge on any atom is 0.225 e. The molecule has 2 aliphatic rings.